The highest BCUT2D eigenvalue weighted by molar-refractivity contribution is 5.82. The summed E-state index contributed by atoms with van der Waals surface area (Å²) in [5.41, 5.74) is 0.00646. The molecule has 3 rings (SSSR count). The number of nitrogens with one attached hydrogen (secondary N) is 1. The fourth-order valence-corrected chi connectivity index (χ4v) is 3.38. The summed E-state index contributed by atoms with van der Waals surface area (Å²) < 4.78 is 5.96. The molecule has 2 atom stereocenters. The number of hydrogen-bond acceptors (Lipinski definition) is 3. The van der Waals surface area contributed by atoms with Gasteiger partial charge in [0.05, 0.1) is 11.6 Å². The van der Waals surface area contributed by atoms with Crippen LogP contribution in [-0.2, 0) is 9.53 Å². The quantitative estimate of drug-likeness (QED) is 0.738. The second-order valence-corrected chi connectivity index (χ2v) is 5.65. The third-order valence-corrected chi connectivity index (χ3v) is 4.42. The van der Waals surface area contributed by atoms with Crippen LogP contribution in [0.15, 0.2) is 0 Å². The summed E-state index contributed by atoms with van der Waals surface area (Å²) in [6.45, 7) is 3.58. The SMILES string of the molecule is O=C(C1CCCN1)N1CCC2(CCCCO2)C1. The maximum Gasteiger partial charge on any atom is 0.239 e. The summed E-state index contributed by atoms with van der Waals surface area (Å²) in [4.78, 5) is 14.3. The van der Waals surface area contributed by atoms with Gasteiger partial charge >= 0.3 is 0 Å². The number of carbonyl (C=O) groups is 1. The van der Waals surface area contributed by atoms with E-state index in [0.29, 0.717) is 5.91 Å². The molecule has 3 heterocycles. The molecule has 0 saturated carbocycles. The Balaban J connectivity index is 1.60. The molecule has 3 saturated heterocycles. The van der Waals surface area contributed by atoms with E-state index in [9.17, 15) is 4.79 Å². The molecule has 2 unspecified atom stereocenters. The molecule has 1 N–H and O–H groups in total. The standard InChI is InChI=1S/C13H22N2O2/c16-12(11-4-3-7-14-11)15-8-6-13(10-15)5-1-2-9-17-13/h11,14H,1-10H2. The van der Waals surface area contributed by atoms with Gasteiger partial charge in [-0.2, -0.15) is 0 Å². The molecule has 0 bridgehead atoms. The van der Waals surface area contributed by atoms with E-state index in [-0.39, 0.29) is 11.6 Å². The van der Waals surface area contributed by atoms with Crippen molar-refractivity contribution < 1.29 is 9.53 Å². The van der Waals surface area contributed by atoms with E-state index in [2.05, 4.69) is 5.32 Å². The van der Waals surface area contributed by atoms with Crippen molar-refractivity contribution in [1.82, 2.24) is 10.2 Å². The van der Waals surface area contributed by atoms with Crippen LogP contribution >= 0.6 is 0 Å². The van der Waals surface area contributed by atoms with Crippen LogP contribution in [0.3, 0.4) is 0 Å². The first-order chi connectivity index (χ1) is 8.29. The van der Waals surface area contributed by atoms with Crippen molar-refractivity contribution >= 4 is 5.91 Å². The normalized spacial score (nSPS) is 37.9. The molecule has 3 aliphatic rings. The van der Waals surface area contributed by atoms with Crippen molar-refractivity contribution in [1.29, 1.82) is 0 Å². The van der Waals surface area contributed by atoms with Crippen LogP contribution in [0.1, 0.15) is 38.5 Å². The zero-order valence-electron chi connectivity index (χ0n) is 10.4. The van der Waals surface area contributed by atoms with E-state index >= 15 is 0 Å². The minimum absolute atomic E-state index is 0.00646. The van der Waals surface area contributed by atoms with E-state index < -0.39 is 0 Å². The zero-order chi connectivity index (χ0) is 11.7. The first kappa shape index (κ1) is 11.5. The van der Waals surface area contributed by atoms with Crippen LogP contribution in [-0.4, -0.2) is 48.7 Å². The Morgan fingerprint density at radius 3 is 2.94 bits per heavy atom. The first-order valence-corrected chi connectivity index (χ1v) is 6.95. The number of amides is 1. The number of nitrogens with zero attached hydrogens (tertiary/aromatic N) is 1. The highest BCUT2D eigenvalue weighted by Gasteiger charge is 2.43. The van der Waals surface area contributed by atoms with Gasteiger partial charge in [-0.1, -0.05) is 0 Å². The lowest BCUT2D eigenvalue weighted by molar-refractivity contribution is -0.134. The Hall–Kier alpha value is -0.610. The molecule has 4 heteroatoms. The van der Waals surface area contributed by atoms with Crippen LogP contribution < -0.4 is 5.32 Å². The Morgan fingerprint density at radius 1 is 1.29 bits per heavy atom. The largest absolute Gasteiger partial charge is 0.373 e. The third kappa shape index (κ3) is 2.20. The van der Waals surface area contributed by atoms with Crippen molar-refractivity contribution in [2.75, 3.05) is 26.2 Å². The molecule has 0 radical (unpaired) electrons. The molecule has 17 heavy (non-hydrogen) atoms. The molecular formula is C13H22N2O2. The molecule has 3 fully saturated rings. The van der Waals surface area contributed by atoms with Crippen LogP contribution in [0.25, 0.3) is 0 Å². The Bertz CT molecular complexity index is 294. The maximum absolute atomic E-state index is 12.3. The van der Waals surface area contributed by atoms with Gasteiger partial charge in [0, 0.05) is 19.7 Å². The van der Waals surface area contributed by atoms with E-state index in [1.807, 2.05) is 4.90 Å². The van der Waals surface area contributed by atoms with Gasteiger partial charge < -0.3 is 15.0 Å². The molecule has 0 aromatic rings. The van der Waals surface area contributed by atoms with Gasteiger partial charge in [-0.25, -0.2) is 0 Å². The summed E-state index contributed by atoms with van der Waals surface area (Å²) in [6, 6.07) is 0.0775. The molecule has 0 aromatic heterocycles. The topological polar surface area (TPSA) is 41.6 Å². The molecule has 4 nitrogen and oxygen atoms in total. The minimum atomic E-state index is 0.00646. The van der Waals surface area contributed by atoms with Crippen molar-refractivity contribution in [2.24, 2.45) is 0 Å². The molecule has 1 spiro atoms. The van der Waals surface area contributed by atoms with Gasteiger partial charge in [-0.05, 0) is 45.1 Å². The van der Waals surface area contributed by atoms with Crippen LogP contribution in [0, 0.1) is 0 Å². The van der Waals surface area contributed by atoms with E-state index in [1.165, 1.54) is 12.8 Å². The van der Waals surface area contributed by atoms with Crippen molar-refractivity contribution in [3.05, 3.63) is 0 Å². The number of hydrogen-bond donors (Lipinski definition) is 1. The first-order valence-electron chi connectivity index (χ1n) is 6.95. The summed E-state index contributed by atoms with van der Waals surface area (Å²) in [6.07, 6.45) is 6.74. The molecule has 0 aromatic carbocycles. The third-order valence-electron chi connectivity index (χ3n) is 4.42. The number of likely N-dealkylation sites (tertiary alicyclic amines) is 1. The number of rotatable bonds is 1. The minimum Gasteiger partial charge on any atom is -0.373 e. The Labute approximate surface area is 103 Å². The highest BCUT2D eigenvalue weighted by Crippen LogP contribution is 2.34. The fraction of sp³-hybridized carbons (Fsp3) is 0.923. The predicted octanol–water partition coefficient (Wildman–Crippen LogP) is 0.910. The second kappa shape index (κ2) is 4.58. The molecular weight excluding hydrogens is 216 g/mol. The van der Waals surface area contributed by atoms with Gasteiger partial charge in [0.2, 0.25) is 5.91 Å². The van der Waals surface area contributed by atoms with Crippen LogP contribution in [0.2, 0.25) is 0 Å². The Morgan fingerprint density at radius 2 is 2.24 bits per heavy atom. The lowest BCUT2D eigenvalue weighted by Crippen LogP contribution is -2.45. The monoisotopic (exact) mass is 238 g/mol. The van der Waals surface area contributed by atoms with Crippen molar-refractivity contribution in [3.8, 4) is 0 Å². The average Bonchev–Trinajstić information content (AvgIpc) is 2.99. The smallest absolute Gasteiger partial charge is 0.239 e. The van der Waals surface area contributed by atoms with Gasteiger partial charge in [0.1, 0.15) is 0 Å². The summed E-state index contributed by atoms with van der Waals surface area (Å²) in [7, 11) is 0. The average molecular weight is 238 g/mol. The zero-order valence-corrected chi connectivity index (χ0v) is 10.4. The summed E-state index contributed by atoms with van der Waals surface area (Å²) in [5.74, 6) is 0.300. The molecule has 1 amide bonds. The van der Waals surface area contributed by atoms with E-state index in [0.717, 1.165) is 51.9 Å². The van der Waals surface area contributed by atoms with Crippen LogP contribution in [0.4, 0.5) is 0 Å². The van der Waals surface area contributed by atoms with Gasteiger partial charge in [0.25, 0.3) is 0 Å². The molecule has 0 aliphatic carbocycles. The lowest BCUT2D eigenvalue weighted by atomic mass is 9.93. The second-order valence-electron chi connectivity index (χ2n) is 5.65. The fourth-order valence-electron chi connectivity index (χ4n) is 3.38. The number of ether oxygens (including phenoxy) is 1. The Kier molecular flexibility index (Phi) is 3.09. The van der Waals surface area contributed by atoms with Gasteiger partial charge in [-0.3, -0.25) is 4.79 Å². The maximum atomic E-state index is 12.3. The van der Waals surface area contributed by atoms with Crippen LogP contribution in [0.5, 0.6) is 0 Å². The van der Waals surface area contributed by atoms with Gasteiger partial charge in [0.15, 0.2) is 0 Å². The summed E-state index contributed by atoms with van der Waals surface area (Å²) in [5, 5.41) is 3.29. The van der Waals surface area contributed by atoms with Gasteiger partial charge in [-0.15, -0.1) is 0 Å². The predicted molar refractivity (Wildman–Crippen MR) is 64.8 cm³/mol. The highest BCUT2D eigenvalue weighted by atomic mass is 16.5. The lowest BCUT2D eigenvalue weighted by Gasteiger charge is -2.33. The van der Waals surface area contributed by atoms with Crippen molar-refractivity contribution in [2.45, 2.75) is 50.2 Å². The van der Waals surface area contributed by atoms with E-state index in [4.69, 9.17) is 4.74 Å². The van der Waals surface area contributed by atoms with Crippen molar-refractivity contribution in [3.63, 3.8) is 0 Å². The molecule has 3 aliphatic heterocycles. The molecule has 96 valence electrons. The number of carbonyl (C=O) groups excluding carboxylic acids is 1. The summed E-state index contributed by atoms with van der Waals surface area (Å²) >= 11 is 0. The van der Waals surface area contributed by atoms with E-state index in [1.54, 1.807) is 0 Å².